The van der Waals surface area contributed by atoms with Crippen LogP contribution < -0.4 is 5.73 Å². The highest BCUT2D eigenvalue weighted by atomic mass is 16.3. The van der Waals surface area contributed by atoms with Gasteiger partial charge < -0.3 is 10.2 Å². The number of rotatable bonds is 0. The van der Waals surface area contributed by atoms with E-state index in [1.807, 2.05) is 26.0 Å². The number of furan rings is 1. The van der Waals surface area contributed by atoms with Crippen molar-refractivity contribution >= 4 is 16.7 Å². The fourth-order valence-electron chi connectivity index (χ4n) is 1.46. The van der Waals surface area contributed by atoms with Crippen molar-refractivity contribution in [3.63, 3.8) is 0 Å². The second kappa shape index (κ2) is 2.27. The molecule has 1 aromatic heterocycles. The Morgan fingerprint density at radius 2 is 2.08 bits per heavy atom. The number of anilines is 1. The summed E-state index contributed by atoms with van der Waals surface area (Å²) in [6, 6.07) is 3.91. The van der Waals surface area contributed by atoms with Crippen molar-refractivity contribution in [3.8, 4) is 0 Å². The highest BCUT2D eigenvalue weighted by molar-refractivity contribution is 5.86. The van der Waals surface area contributed by atoms with E-state index in [9.17, 15) is 0 Å². The fraction of sp³-hybridized carbons (Fsp3) is 0.200. The molecule has 0 bridgehead atoms. The van der Waals surface area contributed by atoms with Gasteiger partial charge in [0.25, 0.3) is 0 Å². The summed E-state index contributed by atoms with van der Waals surface area (Å²) < 4.78 is 5.28. The third-order valence-corrected chi connectivity index (χ3v) is 2.28. The number of hydrogen-bond acceptors (Lipinski definition) is 2. The van der Waals surface area contributed by atoms with E-state index >= 15 is 0 Å². The normalized spacial score (nSPS) is 10.8. The number of aryl methyl sites for hydroxylation is 2. The molecule has 0 aliphatic heterocycles. The van der Waals surface area contributed by atoms with Crippen LogP contribution >= 0.6 is 0 Å². The molecular weight excluding hydrogens is 150 g/mol. The van der Waals surface area contributed by atoms with E-state index in [2.05, 4.69) is 0 Å². The summed E-state index contributed by atoms with van der Waals surface area (Å²) in [6.45, 7) is 4.00. The maximum absolute atomic E-state index is 5.87. The molecular formula is C10H11NO. The Labute approximate surface area is 71.0 Å². The summed E-state index contributed by atoms with van der Waals surface area (Å²) in [5.74, 6) is 0. The largest absolute Gasteiger partial charge is 0.464 e. The third-order valence-electron chi connectivity index (χ3n) is 2.28. The molecule has 2 rings (SSSR count). The maximum Gasteiger partial charge on any atom is 0.134 e. The SMILES string of the molecule is Cc1cc2occc2c(C)c1N. The van der Waals surface area contributed by atoms with Crippen molar-refractivity contribution in [2.75, 3.05) is 5.73 Å². The van der Waals surface area contributed by atoms with Crippen LogP contribution in [0, 0.1) is 13.8 Å². The average Bonchev–Trinajstić information content (AvgIpc) is 2.48. The van der Waals surface area contributed by atoms with Gasteiger partial charge in [0, 0.05) is 11.1 Å². The summed E-state index contributed by atoms with van der Waals surface area (Å²) >= 11 is 0. The van der Waals surface area contributed by atoms with Gasteiger partial charge >= 0.3 is 0 Å². The lowest BCUT2D eigenvalue weighted by Gasteiger charge is -2.04. The summed E-state index contributed by atoms with van der Waals surface area (Å²) in [5, 5.41) is 1.11. The molecule has 2 aromatic rings. The molecule has 0 aliphatic rings. The van der Waals surface area contributed by atoms with Gasteiger partial charge in [-0.25, -0.2) is 0 Å². The number of benzene rings is 1. The van der Waals surface area contributed by atoms with Gasteiger partial charge in [-0.3, -0.25) is 0 Å². The van der Waals surface area contributed by atoms with Gasteiger partial charge in [0.05, 0.1) is 6.26 Å². The first-order valence-corrected chi connectivity index (χ1v) is 3.93. The van der Waals surface area contributed by atoms with Crippen LogP contribution in [0.2, 0.25) is 0 Å². The van der Waals surface area contributed by atoms with Crippen LogP contribution in [0.5, 0.6) is 0 Å². The van der Waals surface area contributed by atoms with E-state index < -0.39 is 0 Å². The Hall–Kier alpha value is -1.44. The molecule has 0 unspecified atom stereocenters. The Bertz CT molecular complexity index is 429. The molecule has 0 amide bonds. The van der Waals surface area contributed by atoms with E-state index in [1.54, 1.807) is 6.26 Å². The maximum atomic E-state index is 5.87. The first-order chi connectivity index (χ1) is 5.70. The Kier molecular flexibility index (Phi) is 1.37. The molecule has 0 saturated carbocycles. The Morgan fingerprint density at radius 3 is 2.83 bits per heavy atom. The minimum atomic E-state index is 0.865. The Balaban J connectivity index is 2.94. The van der Waals surface area contributed by atoms with Gasteiger partial charge in [-0.2, -0.15) is 0 Å². The topological polar surface area (TPSA) is 39.2 Å². The monoisotopic (exact) mass is 161 g/mol. The zero-order chi connectivity index (χ0) is 8.72. The van der Waals surface area contributed by atoms with E-state index in [4.69, 9.17) is 10.2 Å². The van der Waals surface area contributed by atoms with Crippen LogP contribution in [0.4, 0.5) is 5.69 Å². The standard InChI is InChI=1S/C10H11NO/c1-6-5-9-8(3-4-12-9)7(2)10(6)11/h3-5H,11H2,1-2H3. The van der Waals surface area contributed by atoms with Gasteiger partial charge in [0.1, 0.15) is 5.58 Å². The van der Waals surface area contributed by atoms with Gasteiger partial charge in [-0.05, 0) is 37.1 Å². The predicted octanol–water partition coefficient (Wildman–Crippen LogP) is 2.63. The lowest BCUT2D eigenvalue weighted by atomic mass is 10.1. The van der Waals surface area contributed by atoms with Crippen molar-refractivity contribution in [2.24, 2.45) is 0 Å². The zero-order valence-electron chi connectivity index (χ0n) is 7.22. The second-order valence-corrected chi connectivity index (χ2v) is 3.06. The van der Waals surface area contributed by atoms with Gasteiger partial charge in [-0.1, -0.05) is 0 Å². The summed E-state index contributed by atoms with van der Waals surface area (Å²) in [4.78, 5) is 0. The quantitative estimate of drug-likeness (QED) is 0.603. The molecule has 62 valence electrons. The molecule has 0 saturated heterocycles. The van der Waals surface area contributed by atoms with Crippen LogP contribution in [-0.2, 0) is 0 Å². The van der Waals surface area contributed by atoms with Crippen molar-refractivity contribution < 1.29 is 4.42 Å². The van der Waals surface area contributed by atoms with Gasteiger partial charge in [0.2, 0.25) is 0 Å². The fourth-order valence-corrected chi connectivity index (χ4v) is 1.46. The molecule has 2 heteroatoms. The molecule has 2 nitrogen and oxygen atoms in total. The molecule has 0 aliphatic carbocycles. The van der Waals surface area contributed by atoms with E-state index in [1.165, 1.54) is 0 Å². The first kappa shape index (κ1) is 7.22. The number of hydrogen-bond donors (Lipinski definition) is 1. The molecule has 1 aromatic carbocycles. The van der Waals surface area contributed by atoms with Crippen molar-refractivity contribution in [1.29, 1.82) is 0 Å². The summed E-state index contributed by atoms with van der Waals surface area (Å²) in [7, 11) is 0. The van der Waals surface area contributed by atoms with E-state index in [0.717, 1.165) is 27.8 Å². The van der Waals surface area contributed by atoms with Crippen LogP contribution in [0.1, 0.15) is 11.1 Å². The number of fused-ring (bicyclic) bond motifs is 1. The second-order valence-electron chi connectivity index (χ2n) is 3.06. The molecule has 0 spiro atoms. The van der Waals surface area contributed by atoms with Crippen LogP contribution in [0.3, 0.4) is 0 Å². The van der Waals surface area contributed by atoms with Crippen LogP contribution in [0.25, 0.3) is 11.0 Å². The van der Waals surface area contributed by atoms with E-state index in [0.29, 0.717) is 0 Å². The summed E-state index contributed by atoms with van der Waals surface area (Å²) in [6.07, 6.45) is 1.69. The van der Waals surface area contributed by atoms with Crippen molar-refractivity contribution in [2.45, 2.75) is 13.8 Å². The molecule has 0 atom stereocenters. The highest BCUT2D eigenvalue weighted by Gasteiger charge is 2.05. The minimum absolute atomic E-state index is 0.865. The average molecular weight is 161 g/mol. The lowest BCUT2D eigenvalue weighted by molar-refractivity contribution is 0.615. The van der Waals surface area contributed by atoms with Crippen LogP contribution in [-0.4, -0.2) is 0 Å². The molecule has 12 heavy (non-hydrogen) atoms. The van der Waals surface area contributed by atoms with Gasteiger partial charge in [0.15, 0.2) is 0 Å². The molecule has 1 heterocycles. The molecule has 0 radical (unpaired) electrons. The van der Waals surface area contributed by atoms with Crippen molar-refractivity contribution in [3.05, 3.63) is 29.5 Å². The first-order valence-electron chi connectivity index (χ1n) is 3.93. The number of nitrogen functional groups attached to an aromatic ring is 1. The molecule has 2 N–H and O–H groups in total. The zero-order valence-corrected chi connectivity index (χ0v) is 7.22. The minimum Gasteiger partial charge on any atom is -0.464 e. The summed E-state index contributed by atoms with van der Waals surface area (Å²) in [5.41, 5.74) is 9.83. The number of nitrogens with two attached hydrogens (primary N) is 1. The van der Waals surface area contributed by atoms with Gasteiger partial charge in [-0.15, -0.1) is 0 Å². The third kappa shape index (κ3) is 0.811. The van der Waals surface area contributed by atoms with E-state index in [-0.39, 0.29) is 0 Å². The highest BCUT2D eigenvalue weighted by Crippen LogP contribution is 2.27. The lowest BCUT2D eigenvalue weighted by Crippen LogP contribution is -1.92. The van der Waals surface area contributed by atoms with Crippen LogP contribution in [0.15, 0.2) is 22.8 Å². The Morgan fingerprint density at radius 1 is 1.33 bits per heavy atom. The molecule has 0 fully saturated rings. The predicted molar refractivity (Wildman–Crippen MR) is 50.1 cm³/mol. The smallest absolute Gasteiger partial charge is 0.134 e. The van der Waals surface area contributed by atoms with Crippen molar-refractivity contribution in [1.82, 2.24) is 0 Å².